The predicted octanol–water partition coefficient (Wildman–Crippen LogP) is 2.22. The number of carbonyl (C=O) groups excluding carboxylic acids is 1. The number of methoxy groups -OCH3 is 1. The number of carbonyl (C=O) groups is 1. The molecule has 5 heteroatoms. The second-order valence-electron chi connectivity index (χ2n) is 5.39. The molecule has 0 radical (unpaired) electrons. The van der Waals surface area contributed by atoms with Crippen molar-refractivity contribution in [2.45, 2.75) is 19.9 Å². The Morgan fingerprint density at radius 1 is 1.38 bits per heavy atom. The number of anilines is 1. The lowest BCUT2D eigenvalue weighted by Crippen LogP contribution is -2.41. The number of benzene rings is 1. The molecule has 112 valence electrons. The van der Waals surface area contributed by atoms with Gasteiger partial charge in [-0.1, -0.05) is 32.0 Å². The first-order valence-electron chi connectivity index (χ1n) is 6.98. The molecule has 0 aliphatic rings. The Kier molecular flexibility index (Phi) is 4.75. The Labute approximate surface area is 124 Å². The van der Waals surface area contributed by atoms with Gasteiger partial charge in [0.15, 0.2) is 0 Å². The summed E-state index contributed by atoms with van der Waals surface area (Å²) in [5.41, 5.74) is 7.06. The lowest BCUT2D eigenvalue weighted by atomic mass is 10.0. The van der Waals surface area contributed by atoms with E-state index in [4.69, 9.17) is 10.5 Å². The van der Waals surface area contributed by atoms with Crippen LogP contribution >= 0.6 is 0 Å². The van der Waals surface area contributed by atoms with E-state index >= 15 is 0 Å². The number of hydrogen-bond donors (Lipinski definition) is 2. The minimum Gasteiger partial charge on any atom is -0.384 e. The summed E-state index contributed by atoms with van der Waals surface area (Å²) >= 11 is 0. The molecule has 0 spiro atoms. The predicted molar refractivity (Wildman–Crippen MR) is 84.1 cm³/mol. The van der Waals surface area contributed by atoms with E-state index in [0.29, 0.717) is 18.0 Å². The molecule has 3 N–H and O–H groups in total. The molecule has 1 aromatic heterocycles. The smallest absolute Gasteiger partial charge is 0.252 e. The molecule has 0 aliphatic carbocycles. The van der Waals surface area contributed by atoms with Gasteiger partial charge in [-0.2, -0.15) is 0 Å². The lowest BCUT2D eigenvalue weighted by molar-refractivity contribution is 0.0868. The second-order valence-corrected chi connectivity index (χ2v) is 5.39. The fourth-order valence-electron chi connectivity index (χ4n) is 2.21. The topological polar surface area (TPSA) is 77.2 Å². The first-order chi connectivity index (χ1) is 10.0. The van der Waals surface area contributed by atoms with E-state index in [-0.39, 0.29) is 17.9 Å². The third-order valence-electron chi connectivity index (χ3n) is 3.45. The number of aromatic nitrogens is 1. The molecule has 2 aromatic rings. The zero-order valence-corrected chi connectivity index (χ0v) is 12.6. The Bertz CT molecular complexity index is 640. The van der Waals surface area contributed by atoms with E-state index in [2.05, 4.69) is 10.3 Å². The van der Waals surface area contributed by atoms with Crippen molar-refractivity contribution in [3.8, 4) is 0 Å². The second kappa shape index (κ2) is 6.54. The Hall–Kier alpha value is -2.14. The number of fused-ring (bicyclic) bond motifs is 1. The Morgan fingerprint density at radius 2 is 2.10 bits per heavy atom. The quantitative estimate of drug-likeness (QED) is 0.884. The zero-order valence-electron chi connectivity index (χ0n) is 12.6. The standard InChI is InChI=1S/C16H21N3O2/c1-10(2)14(9-21-3)19-16(20)12-8-15(17)18-13-7-5-4-6-11(12)13/h4-8,10,14H,9H2,1-3H3,(H2,17,18)(H,19,20). The van der Waals surface area contributed by atoms with Crippen LogP contribution in [0.1, 0.15) is 24.2 Å². The van der Waals surface area contributed by atoms with Gasteiger partial charge < -0.3 is 15.8 Å². The summed E-state index contributed by atoms with van der Waals surface area (Å²) < 4.78 is 5.16. The van der Waals surface area contributed by atoms with Gasteiger partial charge in [-0.25, -0.2) is 4.98 Å². The molecule has 0 saturated carbocycles. The summed E-state index contributed by atoms with van der Waals surface area (Å²) in [5, 5.41) is 3.80. The summed E-state index contributed by atoms with van der Waals surface area (Å²) in [6.45, 7) is 4.56. The van der Waals surface area contributed by atoms with Gasteiger partial charge in [0.1, 0.15) is 5.82 Å². The number of ether oxygens (including phenoxy) is 1. The molecule has 1 amide bonds. The number of nitrogen functional groups attached to an aromatic ring is 1. The van der Waals surface area contributed by atoms with E-state index in [9.17, 15) is 4.79 Å². The highest BCUT2D eigenvalue weighted by Crippen LogP contribution is 2.19. The Morgan fingerprint density at radius 3 is 2.76 bits per heavy atom. The minimum absolute atomic E-state index is 0.0457. The average molecular weight is 287 g/mol. The first-order valence-corrected chi connectivity index (χ1v) is 6.98. The molecule has 1 atom stereocenters. The van der Waals surface area contributed by atoms with Gasteiger partial charge in [0.2, 0.25) is 0 Å². The third-order valence-corrected chi connectivity index (χ3v) is 3.45. The number of pyridine rings is 1. The van der Waals surface area contributed by atoms with Crippen LogP contribution in [-0.2, 0) is 4.74 Å². The maximum atomic E-state index is 12.6. The van der Waals surface area contributed by atoms with Crippen molar-refractivity contribution < 1.29 is 9.53 Å². The first kappa shape index (κ1) is 15.3. The van der Waals surface area contributed by atoms with Gasteiger partial charge in [0.05, 0.1) is 23.7 Å². The summed E-state index contributed by atoms with van der Waals surface area (Å²) in [6.07, 6.45) is 0. The molecule has 0 saturated heterocycles. The largest absolute Gasteiger partial charge is 0.384 e. The fraction of sp³-hybridized carbons (Fsp3) is 0.375. The van der Waals surface area contributed by atoms with Crippen LogP contribution in [0, 0.1) is 5.92 Å². The van der Waals surface area contributed by atoms with Gasteiger partial charge >= 0.3 is 0 Å². The number of nitrogens with zero attached hydrogens (tertiary/aromatic N) is 1. The minimum atomic E-state index is -0.156. The van der Waals surface area contributed by atoms with E-state index < -0.39 is 0 Å². The number of nitrogens with two attached hydrogens (primary N) is 1. The van der Waals surface area contributed by atoms with Crippen molar-refractivity contribution in [3.05, 3.63) is 35.9 Å². The van der Waals surface area contributed by atoms with Crippen molar-refractivity contribution in [2.24, 2.45) is 5.92 Å². The third kappa shape index (κ3) is 3.49. The summed E-state index contributed by atoms with van der Waals surface area (Å²) in [6, 6.07) is 9.04. The number of hydrogen-bond acceptors (Lipinski definition) is 4. The highest BCUT2D eigenvalue weighted by atomic mass is 16.5. The highest BCUT2D eigenvalue weighted by molar-refractivity contribution is 6.07. The van der Waals surface area contributed by atoms with Crippen LogP contribution in [0.15, 0.2) is 30.3 Å². The van der Waals surface area contributed by atoms with Crippen LogP contribution in [0.25, 0.3) is 10.9 Å². The monoisotopic (exact) mass is 287 g/mol. The van der Waals surface area contributed by atoms with Gasteiger partial charge in [0.25, 0.3) is 5.91 Å². The van der Waals surface area contributed by atoms with Crippen molar-refractivity contribution in [1.82, 2.24) is 10.3 Å². The van der Waals surface area contributed by atoms with Crippen LogP contribution in [-0.4, -0.2) is 30.6 Å². The molecular weight excluding hydrogens is 266 g/mol. The fourth-order valence-corrected chi connectivity index (χ4v) is 2.21. The van der Waals surface area contributed by atoms with Gasteiger partial charge in [0, 0.05) is 12.5 Å². The molecule has 21 heavy (non-hydrogen) atoms. The van der Waals surface area contributed by atoms with Gasteiger partial charge in [-0.3, -0.25) is 4.79 Å². The average Bonchev–Trinajstić information content (AvgIpc) is 2.45. The molecule has 2 rings (SSSR count). The van der Waals surface area contributed by atoms with Crippen molar-refractivity contribution >= 4 is 22.6 Å². The van der Waals surface area contributed by atoms with Gasteiger partial charge in [-0.05, 0) is 18.1 Å². The molecule has 0 fully saturated rings. The van der Waals surface area contributed by atoms with Crippen molar-refractivity contribution in [1.29, 1.82) is 0 Å². The summed E-state index contributed by atoms with van der Waals surface area (Å²) in [7, 11) is 1.63. The molecule has 1 unspecified atom stereocenters. The van der Waals surface area contributed by atoms with Crippen LogP contribution in [0.3, 0.4) is 0 Å². The summed E-state index contributed by atoms with van der Waals surface area (Å²) in [4.78, 5) is 16.8. The molecule has 1 aromatic carbocycles. The molecular formula is C16H21N3O2. The van der Waals surface area contributed by atoms with E-state index in [1.54, 1.807) is 13.2 Å². The van der Waals surface area contributed by atoms with E-state index in [1.807, 2.05) is 38.1 Å². The Balaban J connectivity index is 2.34. The number of nitrogens with one attached hydrogen (secondary N) is 1. The number of amides is 1. The van der Waals surface area contributed by atoms with Crippen LogP contribution in [0.5, 0.6) is 0 Å². The van der Waals surface area contributed by atoms with Crippen molar-refractivity contribution in [3.63, 3.8) is 0 Å². The summed E-state index contributed by atoms with van der Waals surface area (Å²) in [5.74, 6) is 0.460. The van der Waals surface area contributed by atoms with Crippen LogP contribution < -0.4 is 11.1 Å². The van der Waals surface area contributed by atoms with E-state index in [0.717, 1.165) is 10.9 Å². The normalized spacial score (nSPS) is 12.6. The molecule has 0 bridgehead atoms. The maximum absolute atomic E-state index is 12.6. The molecule has 1 heterocycles. The number of rotatable bonds is 5. The van der Waals surface area contributed by atoms with E-state index in [1.165, 1.54) is 0 Å². The van der Waals surface area contributed by atoms with Crippen LogP contribution in [0.2, 0.25) is 0 Å². The number of para-hydroxylation sites is 1. The van der Waals surface area contributed by atoms with Crippen LogP contribution in [0.4, 0.5) is 5.82 Å². The lowest BCUT2D eigenvalue weighted by Gasteiger charge is -2.22. The maximum Gasteiger partial charge on any atom is 0.252 e. The highest BCUT2D eigenvalue weighted by Gasteiger charge is 2.19. The van der Waals surface area contributed by atoms with Crippen molar-refractivity contribution in [2.75, 3.05) is 19.5 Å². The molecule has 5 nitrogen and oxygen atoms in total. The van der Waals surface area contributed by atoms with Gasteiger partial charge in [-0.15, -0.1) is 0 Å². The SMILES string of the molecule is COCC(NC(=O)c1cc(N)nc2ccccc12)C(C)C. The zero-order chi connectivity index (χ0) is 15.4. The molecule has 0 aliphatic heterocycles.